The van der Waals surface area contributed by atoms with Gasteiger partial charge in [0.15, 0.2) is 0 Å². The number of nitrogens with zero attached hydrogens (tertiary/aromatic N) is 3. The van der Waals surface area contributed by atoms with Crippen molar-refractivity contribution in [1.82, 2.24) is 14.8 Å². The number of benzene rings is 2. The minimum atomic E-state index is -0.102. The van der Waals surface area contributed by atoms with Crippen LogP contribution in [-0.2, 0) is 0 Å². The molecule has 1 aliphatic rings. The van der Waals surface area contributed by atoms with Crippen LogP contribution in [0.2, 0.25) is 5.02 Å². The molecule has 4 rings (SSSR count). The van der Waals surface area contributed by atoms with Gasteiger partial charge >= 0.3 is 0 Å². The van der Waals surface area contributed by atoms with Gasteiger partial charge in [-0.15, -0.1) is 0 Å². The van der Waals surface area contributed by atoms with Gasteiger partial charge in [0.25, 0.3) is 0 Å². The highest BCUT2D eigenvalue weighted by molar-refractivity contribution is 9.10. The Morgan fingerprint density at radius 2 is 1.88 bits per heavy atom. The first-order valence-corrected chi connectivity index (χ1v) is 8.71. The number of nitrogens with one attached hydrogen (secondary N) is 1. The van der Waals surface area contributed by atoms with Crippen molar-refractivity contribution >= 4 is 39.2 Å². The van der Waals surface area contributed by atoms with E-state index >= 15 is 0 Å². The van der Waals surface area contributed by atoms with E-state index in [-0.39, 0.29) is 6.04 Å². The highest BCUT2D eigenvalue weighted by atomic mass is 79.9. The molecule has 1 aromatic heterocycles. The number of allylic oxidation sites excluding steroid dienone is 1. The normalized spacial score (nSPS) is 16.3. The number of halogens is 2. The van der Waals surface area contributed by atoms with Crippen LogP contribution in [0.1, 0.15) is 23.0 Å². The number of anilines is 1. The molecule has 1 atom stereocenters. The van der Waals surface area contributed by atoms with Crippen LogP contribution in [0, 0.1) is 6.92 Å². The number of hydrogen-bond acceptors (Lipinski definition) is 3. The average Bonchev–Trinajstić information content (AvgIpc) is 2.95. The largest absolute Gasteiger partial charge is 0.324 e. The lowest BCUT2D eigenvalue weighted by Gasteiger charge is -2.25. The van der Waals surface area contributed by atoms with Crippen LogP contribution in [0.4, 0.5) is 5.95 Å². The predicted molar refractivity (Wildman–Crippen MR) is 100 cm³/mol. The molecule has 0 fully saturated rings. The second kappa shape index (κ2) is 6.07. The molecular formula is C18H14BrClN4. The third-order valence-electron chi connectivity index (χ3n) is 3.95. The van der Waals surface area contributed by atoms with Gasteiger partial charge in [-0.25, -0.2) is 4.68 Å². The summed E-state index contributed by atoms with van der Waals surface area (Å²) in [5, 5.41) is 8.61. The van der Waals surface area contributed by atoms with Gasteiger partial charge in [0.05, 0.1) is 0 Å². The van der Waals surface area contributed by atoms with Gasteiger partial charge in [0, 0.05) is 15.2 Å². The Kier molecular flexibility index (Phi) is 3.90. The first-order valence-electron chi connectivity index (χ1n) is 7.54. The Balaban J connectivity index is 1.85. The van der Waals surface area contributed by atoms with Gasteiger partial charge in [-0.1, -0.05) is 57.9 Å². The molecule has 2 heterocycles. The maximum atomic E-state index is 6.43. The summed E-state index contributed by atoms with van der Waals surface area (Å²) >= 11 is 9.90. The van der Waals surface area contributed by atoms with Crippen LogP contribution < -0.4 is 5.32 Å². The number of hydrogen-bond donors (Lipinski definition) is 1. The SMILES string of the molecule is Cc1nc2n(n1)C(c1ccccc1Cl)C=C(c1ccc(Br)cc1)N2. The summed E-state index contributed by atoms with van der Waals surface area (Å²) in [6.45, 7) is 1.88. The summed E-state index contributed by atoms with van der Waals surface area (Å²) in [5.74, 6) is 1.44. The van der Waals surface area contributed by atoms with E-state index in [1.165, 1.54) is 0 Å². The predicted octanol–water partition coefficient (Wildman–Crippen LogP) is 5.06. The molecule has 24 heavy (non-hydrogen) atoms. The molecule has 0 saturated carbocycles. The fourth-order valence-corrected chi connectivity index (χ4v) is 3.35. The van der Waals surface area contributed by atoms with Crippen LogP contribution >= 0.6 is 27.5 Å². The van der Waals surface area contributed by atoms with Gasteiger partial charge < -0.3 is 5.32 Å². The van der Waals surface area contributed by atoms with Crippen LogP contribution in [0.25, 0.3) is 5.70 Å². The number of fused-ring (bicyclic) bond motifs is 1. The Morgan fingerprint density at radius 1 is 1.12 bits per heavy atom. The smallest absolute Gasteiger partial charge is 0.226 e. The molecule has 0 saturated heterocycles. The van der Waals surface area contributed by atoms with Crippen LogP contribution in [0.3, 0.4) is 0 Å². The summed E-state index contributed by atoms with van der Waals surface area (Å²) in [7, 11) is 0. The molecule has 1 unspecified atom stereocenters. The molecule has 0 radical (unpaired) electrons. The summed E-state index contributed by atoms with van der Waals surface area (Å²) in [5.41, 5.74) is 3.08. The van der Waals surface area contributed by atoms with Gasteiger partial charge in [0.2, 0.25) is 5.95 Å². The summed E-state index contributed by atoms with van der Waals surface area (Å²) in [4.78, 5) is 4.50. The summed E-state index contributed by atoms with van der Waals surface area (Å²) in [6.07, 6.45) is 2.13. The van der Waals surface area contributed by atoms with E-state index < -0.39 is 0 Å². The lowest BCUT2D eigenvalue weighted by atomic mass is 10.0. The molecule has 0 bridgehead atoms. The van der Waals surface area contributed by atoms with E-state index in [2.05, 4.69) is 49.5 Å². The molecule has 0 amide bonds. The van der Waals surface area contributed by atoms with Crippen molar-refractivity contribution in [2.24, 2.45) is 0 Å². The van der Waals surface area contributed by atoms with Crippen molar-refractivity contribution in [3.8, 4) is 0 Å². The molecule has 1 N–H and O–H groups in total. The topological polar surface area (TPSA) is 42.7 Å². The Bertz CT molecular complexity index is 930. The number of rotatable bonds is 2. The third-order valence-corrected chi connectivity index (χ3v) is 4.82. The van der Waals surface area contributed by atoms with E-state index in [0.29, 0.717) is 0 Å². The van der Waals surface area contributed by atoms with Gasteiger partial charge in [-0.05, 0) is 42.3 Å². The lowest BCUT2D eigenvalue weighted by molar-refractivity contribution is 0.607. The molecule has 6 heteroatoms. The quantitative estimate of drug-likeness (QED) is 0.653. The molecular weight excluding hydrogens is 388 g/mol. The van der Waals surface area contributed by atoms with Gasteiger partial charge in [-0.3, -0.25) is 0 Å². The molecule has 1 aliphatic heterocycles. The van der Waals surface area contributed by atoms with E-state index in [1.54, 1.807) is 0 Å². The van der Waals surface area contributed by atoms with Crippen LogP contribution in [-0.4, -0.2) is 14.8 Å². The zero-order valence-corrected chi connectivity index (χ0v) is 15.2. The molecule has 120 valence electrons. The van der Waals surface area contributed by atoms with E-state index in [1.807, 2.05) is 48.0 Å². The lowest BCUT2D eigenvalue weighted by Crippen LogP contribution is -2.20. The molecule has 3 aromatic rings. The van der Waals surface area contributed by atoms with Gasteiger partial charge in [0.1, 0.15) is 11.9 Å². The zero-order valence-electron chi connectivity index (χ0n) is 12.9. The second-order valence-corrected chi connectivity index (χ2v) is 6.93. The maximum Gasteiger partial charge on any atom is 0.226 e. The second-order valence-electron chi connectivity index (χ2n) is 5.61. The number of aromatic nitrogens is 3. The first-order chi connectivity index (χ1) is 11.6. The Labute approximate surface area is 153 Å². The van der Waals surface area contributed by atoms with Crippen LogP contribution in [0.5, 0.6) is 0 Å². The molecule has 0 aliphatic carbocycles. The maximum absolute atomic E-state index is 6.43. The van der Waals surface area contributed by atoms with Crippen molar-refractivity contribution in [1.29, 1.82) is 0 Å². The van der Waals surface area contributed by atoms with E-state index in [4.69, 9.17) is 11.6 Å². The van der Waals surface area contributed by atoms with Crippen molar-refractivity contribution in [2.45, 2.75) is 13.0 Å². The fraction of sp³-hybridized carbons (Fsp3) is 0.111. The van der Waals surface area contributed by atoms with E-state index in [9.17, 15) is 0 Å². The monoisotopic (exact) mass is 400 g/mol. The Hall–Kier alpha value is -2.11. The molecule has 2 aromatic carbocycles. The Morgan fingerprint density at radius 3 is 2.62 bits per heavy atom. The third kappa shape index (κ3) is 2.74. The highest BCUT2D eigenvalue weighted by Crippen LogP contribution is 2.35. The standard InChI is InChI=1S/C18H14BrClN4/c1-11-21-18-22-16(12-6-8-13(19)9-7-12)10-17(24(18)23-11)14-4-2-3-5-15(14)20/h2-10,17H,1H3,(H,21,22,23). The van der Waals surface area contributed by atoms with Crippen LogP contribution in [0.15, 0.2) is 59.1 Å². The first kappa shape index (κ1) is 15.4. The molecule has 0 spiro atoms. The van der Waals surface area contributed by atoms with Gasteiger partial charge in [-0.2, -0.15) is 10.1 Å². The molecule has 4 nitrogen and oxygen atoms in total. The van der Waals surface area contributed by atoms with Crippen molar-refractivity contribution < 1.29 is 0 Å². The minimum absolute atomic E-state index is 0.102. The van der Waals surface area contributed by atoms with Crippen molar-refractivity contribution in [2.75, 3.05) is 5.32 Å². The zero-order chi connectivity index (χ0) is 16.7. The number of aryl methyl sites for hydroxylation is 1. The van der Waals surface area contributed by atoms with E-state index in [0.717, 1.165) is 38.1 Å². The fourth-order valence-electron chi connectivity index (χ4n) is 2.83. The van der Waals surface area contributed by atoms with Crippen molar-refractivity contribution in [3.05, 3.63) is 81.1 Å². The summed E-state index contributed by atoms with van der Waals surface area (Å²) in [6, 6.07) is 15.9. The average molecular weight is 402 g/mol. The minimum Gasteiger partial charge on any atom is -0.324 e. The van der Waals surface area contributed by atoms with Crippen molar-refractivity contribution in [3.63, 3.8) is 0 Å². The summed E-state index contributed by atoms with van der Waals surface area (Å²) < 4.78 is 2.92. The highest BCUT2D eigenvalue weighted by Gasteiger charge is 2.25.